The number of hydrogen-bond donors (Lipinski definition) is 2. The van der Waals surface area contributed by atoms with Crippen LogP contribution in [0.4, 0.5) is 0 Å². The van der Waals surface area contributed by atoms with E-state index in [-0.39, 0.29) is 24.0 Å². The second kappa shape index (κ2) is 7.11. The Morgan fingerprint density at radius 1 is 1.56 bits per heavy atom. The molecule has 5 heteroatoms. The van der Waals surface area contributed by atoms with Crippen LogP contribution in [0.25, 0.3) is 0 Å². The van der Waals surface area contributed by atoms with Crippen LogP contribution in [0.1, 0.15) is 24.8 Å². The molecule has 1 aromatic heterocycles. The lowest BCUT2D eigenvalue weighted by Crippen LogP contribution is -2.37. The minimum absolute atomic E-state index is 0. The summed E-state index contributed by atoms with van der Waals surface area (Å²) in [6.07, 6.45) is 4.05. The molecule has 1 aliphatic carbocycles. The van der Waals surface area contributed by atoms with Crippen LogP contribution in [-0.4, -0.2) is 12.5 Å². The minimum atomic E-state index is 0. The van der Waals surface area contributed by atoms with E-state index in [9.17, 15) is 0 Å². The minimum Gasteiger partial charge on any atom is -0.370 e. The van der Waals surface area contributed by atoms with Crippen molar-refractivity contribution in [2.24, 2.45) is 16.6 Å². The standard InChI is InChI=1S/C11H17N3S.HI/c12-11(13-6-9-2-1-3-9)14-7-10-4-5-15-8-10;/h4-5,8-9H,1-3,6-7H2,(H3,12,13,14);1H. The van der Waals surface area contributed by atoms with Crippen molar-refractivity contribution in [3.8, 4) is 0 Å². The highest BCUT2D eigenvalue weighted by molar-refractivity contribution is 14.0. The molecule has 2 rings (SSSR count). The van der Waals surface area contributed by atoms with Crippen LogP contribution in [0.3, 0.4) is 0 Å². The molecular formula is C11H18IN3S. The highest BCUT2D eigenvalue weighted by Crippen LogP contribution is 2.24. The average Bonchev–Trinajstić information content (AvgIpc) is 2.64. The lowest BCUT2D eigenvalue weighted by Gasteiger charge is -2.25. The molecule has 1 fully saturated rings. The molecule has 0 aromatic carbocycles. The number of rotatable bonds is 4. The second-order valence-corrected chi connectivity index (χ2v) is 4.79. The zero-order valence-corrected chi connectivity index (χ0v) is 12.3. The number of hydrogen-bond acceptors (Lipinski definition) is 2. The molecule has 3 nitrogen and oxygen atoms in total. The number of guanidine groups is 1. The lowest BCUT2D eigenvalue weighted by molar-refractivity contribution is 0.315. The molecule has 1 aliphatic rings. The molecular weight excluding hydrogens is 333 g/mol. The molecule has 1 heterocycles. The highest BCUT2D eigenvalue weighted by atomic mass is 127. The third-order valence-electron chi connectivity index (χ3n) is 2.81. The van der Waals surface area contributed by atoms with Gasteiger partial charge in [0.25, 0.3) is 0 Å². The first-order valence-corrected chi connectivity index (χ1v) is 6.34. The largest absolute Gasteiger partial charge is 0.370 e. The zero-order chi connectivity index (χ0) is 10.5. The monoisotopic (exact) mass is 351 g/mol. The van der Waals surface area contributed by atoms with Crippen molar-refractivity contribution in [2.75, 3.05) is 6.54 Å². The summed E-state index contributed by atoms with van der Waals surface area (Å²) in [5.41, 5.74) is 6.99. The predicted molar refractivity (Wildman–Crippen MR) is 80.4 cm³/mol. The van der Waals surface area contributed by atoms with E-state index in [2.05, 4.69) is 27.1 Å². The Morgan fingerprint density at radius 2 is 2.38 bits per heavy atom. The summed E-state index contributed by atoms with van der Waals surface area (Å²) in [6.45, 7) is 1.67. The van der Waals surface area contributed by atoms with Crippen molar-refractivity contribution < 1.29 is 0 Å². The first-order valence-electron chi connectivity index (χ1n) is 5.39. The molecule has 90 valence electrons. The van der Waals surface area contributed by atoms with Crippen LogP contribution in [0.15, 0.2) is 21.8 Å². The number of thiophene rings is 1. The summed E-state index contributed by atoms with van der Waals surface area (Å²) in [7, 11) is 0. The van der Waals surface area contributed by atoms with Gasteiger partial charge in [0.15, 0.2) is 5.96 Å². The fraction of sp³-hybridized carbons (Fsp3) is 0.545. The SMILES string of the molecule is I.NC(=NCc1ccsc1)NCC1CCC1. The Morgan fingerprint density at radius 3 is 2.94 bits per heavy atom. The Bertz CT molecular complexity index is 320. The topological polar surface area (TPSA) is 50.4 Å². The van der Waals surface area contributed by atoms with Crippen molar-refractivity contribution in [1.29, 1.82) is 0 Å². The van der Waals surface area contributed by atoms with Gasteiger partial charge in [-0.2, -0.15) is 11.3 Å². The normalized spacial score (nSPS) is 16.4. The van der Waals surface area contributed by atoms with Gasteiger partial charge >= 0.3 is 0 Å². The average molecular weight is 351 g/mol. The molecule has 0 amide bonds. The van der Waals surface area contributed by atoms with Crippen LogP contribution in [0.2, 0.25) is 0 Å². The van der Waals surface area contributed by atoms with E-state index in [1.54, 1.807) is 11.3 Å². The maximum Gasteiger partial charge on any atom is 0.188 e. The van der Waals surface area contributed by atoms with Crippen LogP contribution >= 0.6 is 35.3 Å². The molecule has 0 aliphatic heterocycles. The van der Waals surface area contributed by atoms with Crippen molar-refractivity contribution >= 4 is 41.3 Å². The fourth-order valence-electron chi connectivity index (χ4n) is 1.56. The number of halogens is 1. The maximum absolute atomic E-state index is 5.76. The van der Waals surface area contributed by atoms with E-state index in [0.29, 0.717) is 12.5 Å². The van der Waals surface area contributed by atoms with Crippen molar-refractivity contribution in [2.45, 2.75) is 25.8 Å². The Kier molecular flexibility index (Phi) is 6.12. The number of nitrogens with two attached hydrogens (primary N) is 1. The zero-order valence-electron chi connectivity index (χ0n) is 9.19. The molecule has 3 N–H and O–H groups in total. The summed E-state index contributed by atoms with van der Waals surface area (Å²) < 4.78 is 0. The summed E-state index contributed by atoms with van der Waals surface area (Å²) >= 11 is 1.69. The van der Waals surface area contributed by atoms with E-state index < -0.39 is 0 Å². The van der Waals surface area contributed by atoms with Crippen LogP contribution in [0.5, 0.6) is 0 Å². The van der Waals surface area contributed by atoms with E-state index in [0.717, 1.165) is 12.5 Å². The third-order valence-corrected chi connectivity index (χ3v) is 3.54. The van der Waals surface area contributed by atoms with Gasteiger partial charge in [-0.1, -0.05) is 6.42 Å². The number of nitrogens with one attached hydrogen (secondary N) is 1. The van der Waals surface area contributed by atoms with Crippen molar-refractivity contribution in [3.05, 3.63) is 22.4 Å². The second-order valence-electron chi connectivity index (χ2n) is 4.01. The van der Waals surface area contributed by atoms with E-state index in [1.165, 1.54) is 24.8 Å². The summed E-state index contributed by atoms with van der Waals surface area (Å²) in [5.74, 6) is 1.40. The Labute approximate surface area is 118 Å². The highest BCUT2D eigenvalue weighted by Gasteiger charge is 2.16. The van der Waals surface area contributed by atoms with Gasteiger partial charge < -0.3 is 11.1 Å². The first kappa shape index (κ1) is 13.8. The molecule has 0 unspecified atom stereocenters. The summed E-state index contributed by atoms with van der Waals surface area (Å²) in [5, 5.41) is 7.34. The lowest BCUT2D eigenvalue weighted by atomic mass is 9.85. The van der Waals surface area contributed by atoms with Crippen LogP contribution in [-0.2, 0) is 6.54 Å². The van der Waals surface area contributed by atoms with Gasteiger partial charge in [0.1, 0.15) is 0 Å². The van der Waals surface area contributed by atoms with Crippen molar-refractivity contribution in [3.63, 3.8) is 0 Å². The maximum atomic E-state index is 5.76. The van der Waals surface area contributed by atoms with Gasteiger partial charge in [-0.05, 0) is 41.1 Å². The molecule has 0 bridgehead atoms. The number of nitrogens with zero attached hydrogens (tertiary/aromatic N) is 1. The third kappa shape index (κ3) is 4.29. The van der Waals surface area contributed by atoms with Crippen molar-refractivity contribution in [1.82, 2.24) is 5.32 Å². The molecule has 0 saturated heterocycles. The first-order chi connectivity index (χ1) is 7.34. The Balaban J connectivity index is 0.00000128. The molecule has 0 radical (unpaired) electrons. The van der Waals surface area contributed by atoms with Gasteiger partial charge in [-0.3, -0.25) is 0 Å². The van der Waals surface area contributed by atoms with E-state index in [4.69, 9.17) is 5.73 Å². The molecule has 16 heavy (non-hydrogen) atoms. The van der Waals surface area contributed by atoms with E-state index >= 15 is 0 Å². The van der Waals surface area contributed by atoms with Crippen LogP contribution in [0, 0.1) is 5.92 Å². The van der Waals surface area contributed by atoms with Gasteiger partial charge in [-0.25, -0.2) is 4.99 Å². The number of aliphatic imine (C=N–C) groups is 1. The van der Waals surface area contributed by atoms with Gasteiger partial charge in [-0.15, -0.1) is 24.0 Å². The smallest absolute Gasteiger partial charge is 0.188 e. The predicted octanol–water partition coefficient (Wildman–Crippen LogP) is 2.57. The Hall–Kier alpha value is -0.300. The molecule has 1 aromatic rings. The summed E-state index contributed by atoms with van der Waals surface area (Å²) in [4.78, 5) is 4.29. The summed E-state index contributed by atoms with van der Waals surface area (Å²) in [6, 6.07) is 2.08. The molecule has 0 atom stereocenters. The van der Waals surface area contributed by atoms with Gasteiger partial charge in [0.2, 0.25) is 0 Å². The van der Waals surface area contributed by atoms with Crippen LogP contribution < -0.4 is 11.1 Å². The van der Waals surface area contributed by atoms with Gasteiger partial charge in [0, 0.05) is 6.54 Å². The van der Waals surface area contributed by atoms with Gasteiger partial charge in [0.05, 0.1) is 6.54 Å². The van der Waals surface area contributed by atoms with E-state index in [1.807, 2.05) is 0 Å². The quantitative estimate of drug-likeness (QED) is 0.498. The molecule has 1 saturated carbocycles. The molecule has 0 spiro atoms. The fourth-order valence-corrected chi connectivity index (χ4v) is 2.22.